The minimum atomic E-state index is -0.710. The van der Waals surface area contributed by atoms with E-state index in [0.29, 0.717) is 13.0 Å². The Morgan fingerprint density at radius 3 is 2.42 bits per heavy atom. The van der Waals surface area contributed by atoms with Crippen molar-refractivity contribution < 1.29 is 19.5 Å². The third kappa shape index (κ3) is 3.86. The molecule has 0 saturated carbocycles. The zero-order valence-electron chi connectivity index (χ0n) is 11.9. The summed E-state index contributed by atoms with van der Waals surface area (Å²) in [4.78, 5) is 37.0. The lowest BCUT2D eigenvalue weighted by atomic mass is 9.97. The van der Waals surface area contributed by atoms with Gasteiger partial charge < -0.3 is 14.8 Å². The van der Waals surface area contributed by atoms with E-state index in [2.05, 4.69) is 0 Å². The average Bonchev–Trinajstić information content (AvgIpc) is 2.82. The van der Waals surface area contributed by atoms with Gasteiger partial charge >= 0.3 is 0 Å². The number of ketones is 2. The minimum absolute atomic E-state index is 0.0361. The maximum absolute atomic E-state index is 12.3. The van der Waals surface area contributed by atoms with Crippen molar-refractivity contribution >= 4 is 17.5 Å². The van der Waals surface area contributed by atoms with Crippen molar-refractivity contribution in [3.63, 3.8) is 0 Å². The molecule has 0 spiro atoms. The summed E-state index contributed by atoms with van der Waals surface area (Å²) >= 11 is 0. The van der Waals surface area contributed by atoms with Crippen LogP contribution >= 0.6 is 0 Å². The Balaban J connectivity index is 2.79. The van der Waals surface area contributed by atoms with E-state index in [9.17, 15) is 19.5 Å². The molecular weight excluding hydrogens is 246 g/mol. The number of carbonyl (C=O) groups excluding carboxylic acids is 3. The van der Waals surface area contributed by atoms with Crippen LogP contribution in [0.3, 0.4) is 0 Å². The van der Waals surface area contributed by atoms with E-state index in [0.717, 1.165) is 6.42 Å². The molecule has 0 bridgehead atoms. The number of amides is 1. The summed E-state index contributed by atoms with van der Waals surface area (Å²) in [5.74, 6) is -1.16. The molecule has 1 amide bonds. The molecule has 1 rings (SSSR count). The van der Waals surface area contributed by atoms with Gasteiger partial charge in [-0.1, -0.05) is 13.8 Å². The largest absolute Gasteiger partial charge is 0.396 e. The Morgan fingerprint density at radius 2 is 1.95 bits per heavy atom. The molecule has 5 heteroatoms. The molecule has 0 aromatic heterocycles. The van der Waals surface area contributed by atoms with Crippen molar-refractivity contribution in [3.8, 4) is 0 Å². The summed E-state index contributed by atoms with van der Waals surface area (Å²) in [7, 11) is 0. The molecule has 0 aliphatic carbocycles. The third-order valence-electron chi connectivity index (χ3n) is 3.54. The first-order valence-corrected chi connectivity index (χ1v) is 6.83. The lowest BCUT2D eigenvalue weighted by molar-refractivity contribution is -0.144. The van der Waals surface area contributed by atoms with Gasteiger partial charge in [0.2, 0.25) is 5.91 Å². The number of Topliss-reactive ketones (excluding diaryl/α,β-unsaturated/α-hetero) is 2. The zero-order valence-corrected chi connectivity index (χ0v) is 11.9. The molecule has 108 valence electrons. The van der Waals surface area contributed by atoms with Crippen LogP contribution < -0.4 is 0 Å². The number of carbonyl (C=O) groups is 3. The van der Waals surface area contributed by atoms with Crippen LogP contribution in [-0.2, 0) is 14.4 Å². The number of likely N-dealkylation sites (tertiary alicyclic amines) is 1. The molecule has 1 saturated heterocycles. The summed E-state index contributed by atoms with van der Waals surface area (Å²) in [5, 5.41) is 9.26. The number of nitrogens with zero attached hydrogens (tertiary/aromatic N) is 1. The number of aliphatic hydroxyl groups excluding tert-OH is 1. The smallest absolute Gasteiger partial charge is 0.229 e. The molecule has 2 atom stereocenters. The van der Waals surface area contributed by atoms with Gasteiger partial charge in [-0.15, -0.1) is 0 Å². The van der Waals surface area contributed by atoms with Gasteiger partial charge in [-0.3, -0.25) is 9.59 Å². The molecule has 1 aliphatic heterocycles. The van der Waals surface area contributed by atoms with Crippen LogP contribution in [0.1, 0.15) is 40.0 Å². The van der Waals surface area contributed by atoms with Crippen molar-refractivity contribution in [2.75, 3.05) is 13.2 Å². The number of rotatable bonds is 6. The monoisotopic (exact) mass is 269 g/mol. The van der Waals surface area contributed by atoms with Crippen molar-refractivity contribution in [2.45, 2.75) is 46.1 Å². The molecule has 0 radical (unpaired) electrons. The van der Waals surface area contributed by atoms with Crippen molar-refractivity contribution in [3.05, 3.63) is 0 Å². The van der Waals surface area contributed by atoms with Gasteiger partial charge in [0.15, 0.2) is 5.78 Å². The van der Waals surface area contributed by atoms with Crippen LogP contribution in [-0.4, -0.2) is 46.7 Å². The second-order valence-electron chi connectivity index (χ2n) is 5.53. The summed E-state index contributed by atoms with van der Waals surface area (Å²) in [6.07, 6.45) is 1.52. The Bertz CT molecular complexity index is 364. The van der Waals surface area contributed by atoms with Gasteiger partial charge in [0.1, 0.15) is 5.78 Å². The Hall–Kier alpha value is -1.23. The third-order valence-corrected chi connectivity index (χ3v) is 3.54. The van der Waals surface area contributed by atoms with Crippen molar-refractivity contribution in [1.29, 1.82) is 0 Å². The zero-order chi connectivity index (χ0) is 14.6. The van der Waals surface area contributed by atoms with Crippen LogP contribution in [0, 0.1) is 11.8 Å². The first-order valence-electron chi connectivity index (χ1n) is 6.83. The fraction of sp³-hybridized carbons (Fsp3) is 0.786. The van der Waals surface area contributed by atoms with E-state index in [1.807, 2.05) is 13.8 Å². The number of hydrogen-bond acceptors (Lipinski definition) is 4. The van der Waals surface area contributed by atoms with Crippen molar-refractivity contribution in [2.24, 2.45) is 11.8 Å². The van der Waals surface area contributed by atoms with Crippen LogP contribution in [0.4, 0.5) is 0 Å². The maximum Gasteiger partial charge on any atom is 0.229 e. The minimum Gasteiger partial charge on any atom is -0.396 e. The summed E-state index contributed by atoms with van der Waals surface area (Å²) in [6, 6.07) is -0.381. The van der Waals surface area contributed by atoms with Gasteiger partial charge in [-0.05, 0) is 19.8 Å². The molecule has 5 nitrogen and oxygen atoms in total. The highest BCUT2D eigenvalue weighted by Gasteiger charge is 2.37. The second-order valence-corrected chi connectivity index (χ2v) is 5.53. The average molecular weight is 269 g/mol. The first-order chi connectivity index (χ1) is 8.88. The van der Waals surface area contributed by atoms with Crippen LogP contribution in [0.25, 0.3) is 0 Å². The lowest BCUT2D eigenvalue weighted by Gasteiger charge is -2.28. The van der Waals surface area contributed by atoms with Crippen LogP contribution in [0.2, 0.25) is 0 Å². The molecule has 1 aliphatic rings. The van der Waals surface area contributed by atoms with Gasteiger partial charge in [-0.25, -0.2) is 0 Å². The molecule has 1 fully saturated rings. The quantitative estimate of drug-likeness (QED) is 0.773. The fourth-order valence-electron chi connectivity index (χ4n) is 2.52. The Kier molecular flexibility index (Phi) is 5.66. The highest BCUT2D eigenvalue weighted by molar-refractivity contribution is 5.92. The predicted octanol–water partition coefficient (Wildman–Crippen LogP) is 0.790. The highest BCUT2D eigenvalue weighted by atomic mass is 16.3. The maximum atomic E-state index is 12.3. The molecule has 1 unspecified atom stereocenters. The summed E-state index contributed by atoms with van der Waals surface area (Å²) in [5.41, 5.74) is 0. The topological polar surface area (TPSA) is 74.7 Å². The SMILES string of the molecule is CC(=O)C[C@@H](CO)C(=O)N1CCCC1C(=O)C(C)C. The summed E-state index contributed by atoms with van der Waals surface area (Å²) in [6.45, 7) is 5.23. The summed E-state index contributed by atoms with van der Waals surface area (Å²) < 4.78 is 0. The molecule has 1 heterocycles. The van der Waals surface area contributed by atoms with Crippen LogP contribution in [0.5, 0.6) is 0 Å². The Morgan fingerprint density at radius 1 is 1.32 bits per heavy atom. The van der Waals surface area contributed by atoms with E-state index in [-0.39, 0.29) is 42.5 Å². The first kappa shape index (κ1) is 15.8. The normalized spacial score (nSPS) is 20.7. The lowest BCUT2D eigenvalue weighted by Crippen LogP contribution is -2.45. The molecule has 0 aromatic carbocycles. The van der Waals surface area contributed by atoms with Crippen LogP contribution in [0.15, 0.2) is 0 Å². The number of hydrogen-bond donors (Lipinski definition) is 1. The second kappa shape index (κ2) is 6.80. The van der Waals surface area contributed by atoms with E-state index in [1.165, 1.54) is 6.92 Å². The molecule has 19 heavy (non-hydrogen) atoms. The predicted molar refractivity (Wildman–Crippen MR) is 70.5 cm³/mol. The molecule has 0 aromatic rings. The van der Waals surface area contributed by atoms with E-state index >= 15 is 0 Å². The molecular formula is C14H23NO4. The Labute approximate surface area is 114 Å². The molecule has 1 N–H and O–H groups in total. The fourth-order valence-corrected chi connectivity index (χ4v) is 2.52. The van der Waals surface area contributed by atoms with Gasteiger partial charge in [0, 0.05) is 18.9 Å². The number of aliphatic hydroxyl groups is 1. The standard InChI is InChI=1S/C14H23NO4/c1-9(2)13(18)12-5-4-6-15(12)14(19)11(8-16)7-10(3)17/h9,11-12,16H,4-8H2,1-3H3/t11-,12?/m0/s1. The van der Waals surface area contributed by atoms with Gasteiger partial charge in [0.25, 0.3) is 0 Å². The van der Waals surface area contributed by atoms with Gasteiger partial charge in [-0.2, -0.15) is 0 Å². The van der Waals surface area contributed by atoms with Crippen molar-refractivity contribution in [1.82, 2.24) is 4.90 Å². The van der Waals surface area contributed by atoms with Gasteiger partial charge in [0.05, 0.1) is 18.6 Å². The van der Waals surface area contributed by atoms with E-state index in [4.69, 9.17) is 0 Å². The highest BCUT2D eigenvalue weighted by Crippen LogP contribution is 2.23. The van der Waals surface area contributed by atoms with E-state index < -0.39 is 5.92 Å². The van der Waals surface area contributed by atoms with E-state index in [1.54, 1.807) is 4.90 Å².